The number of hydrogen-bond donors (Lipinski definition) is 1. The molecule has 0 spiro atoms. The van der Waals surface area contributed by atoms with Crippen molar-refractivity contribution in [2.75, 3.05) is 13.2 Å². The van der Waals surface area contributed by atoms with Gasteiger partial charge in [0.15, 0.2) is 6.54 Å². The van der Waals surface area contributed by atoms with Gasteiger partial charge in [-0.25, -0.2) is 18.6 Å². The summed E-state index contributed by atoms with van der Waals surface area (Å²) in [5, 5.41) is 10.3. The summed E-state index contributed by atoms with van der Waals surface area (Å²) >= 11 is 1.71. The van der Waals surface area contributed by atoms with Crippen LogP contribution in [0.15, 0.2) is 30.0 Å². The molecule has 0 aliphatic heterocycles. The highest BCUT2D eigenvalue weighted by atomic mass is 35.7. The molecule has 0 fully saturated rings. The van der Waals surface area contributed by atoms with E-state index in [1.54, 1.807) is 11.3 Å². The number of ether oxygens (including phenoxy) is 1. The molecule has 0 amide bonds. The average molecular weight is 364 g/mol. The molecular weight excluding hydrogens is 346 g/mol. The summed E-state index contributed by atoms with van der Waals surface area (Å²) in [5.74, 6) is 0.899. The Kier molecular flexibility index (Phi) is 7.86. The van der Waals surface area contributed by atoms with E-state index in [0.717, 1.165) is 16.3 Å². The number of benzene rings is 1. The van der Waals surface area contributed by atoms with Gasteiger partial charge in [-0.15, -0.1) is 10.2 Å². The summed E-state index contributed by atoms with van der Waals surface area (Å²) in [6.07, 6.45) is 2.03. The van der Waals surface area contributed by atoms with Crippen LogP contribution in [0.4, 0.5) is 0 Å². The number of nitrogens with zero attached hydrogens (tertiary/aromatic N) is 1. The van der Waals surface area contributed by atoms with Crippen LogP contribution in [0.3, 0.4) is 0 Å². The van der Waals surface area contributed by atoms with Gasteiger partial charge >= 0.3 is 0 Å². The highest BCUT2D eigenvalue weighted by molar-refractivity contribution is 7.18. The van der Waals surface area contributed by atoms with Crippen LogP contribution in [0.5, 0.6) is 0 Å². The summed E-state index contributed by atoms with van der Waals surface area (Å²) in [7, 11) is -4.94. The quantitative estimate of drug-likeness (QED) is 0.475. The SMILES string of the molecule is CCO/C(C)=C/c1sc2ccccc2[n+]1CCO.[O-][Cl+3]([O-])([O-])[O-]. The Labute approximate surface area is 140 Å². The van der Waals surface area contributed by atoms with Gasteiger partial charge in [-0.2, -0.15) is 4.57 Å². The van der Waals surface area contributed by atoms with Crippen LogP contribution in [-0.2, 0) is 11.3 Å². The lowest BCUT2D eigenvalue weighted by molar-refractivity contribution is -2.00. The van der Waals surface area contributed by atoms with Crippen molar-refractivity contribution >= 4 is 27.6 Å². The zero-order chi connectivity index (χ0) is 17.5. The van der Waals surface area contributed by atoms with Crippen molar-refractivity contribution in [1.82, 2.24) is 0 Å². The van der Waals surface area contributed by atoms with Gasteiger partial charge in [-0.1, -0.05) is 23.5 Å². The minimum absolute atomic E-state index is 0.139. The second-order valence-corrected chi connectivity index (χ2v) is 6.17. The van der Waals surface area contributed by atoms with E-state index in [0.29, 0.717) is 13.2 Å². The van der Waals surface area contributed by atoms with E-state index in [9.17, 15) is 5.11 Å². The number of para-hydroxylation sites is 1. The van der Waals surface area contributed by atoms with Crippen molar-refractivity contribution in [3.63, 3.8) is 0 Å². The Hall–Kier alpha value is -1.26. The first-order valence-electron chi connectivity index (χ1n) is 6.71. The number of aromatic nitrogens is 1. The Bertz CT molecular complexity index is 646. The van der Waals surface area contributed by atoms with Gasteiger partial charge in [-0.05, 0) is 19.9 Å². The van der Waals surface area contributed by atoms with E-state index in [1.165, 1.54) is 4.70 Å². The molecular formula is C14H18ClNO6S. The van der Waals surface area contributed by atoms with Crippen molar-refractivity contribution in [1.29, 1.82) is 0 Å². The molecule has 7 nitrogen and oxygen atoms in total. The van der Waals surface area contributed by atoms with Crippen LogP contribution < -0.4 is 23.2 Å². The van der Waals surface area contributed by atoms with Crippen LogP contribution in [-0.4, -0.2) is 18.3 Å². The fraction of sp³-hybridized carbons (Fsp3) is 0.357. The van der Waals surface area contributed by atoms with Crippen LogP contribution in [0.1, 0.15) is 18.9 Å². The molecule has 23 heavy (non-hydrogen) atoms. The van der Waals surface area contributed by atoms with Gasteiger partial charge in [0.05, 0.1) is 12.7 Å². The first kappa shape index (κ1) is 19.8. The molecule has 1 aromatic heterocycles. The molecule has 0 saturated heterocycles. The van der Waals surface area contributed by atoms with Crippen LogP contribution >= 0.6 is 11.3 Å². The fourth-order valence-electron chi connectivity index (χ4n) is 1.93. The zero-order valence-corrected chi connectivity index (χ0v) is 14.3. The summed E-state index contributed by atoms with van der Waals surface area (Å²) in [4.78, 5) is 0. The molecule has 1 heterocycles. The lowest BCUT2D eigenvalue weighted by atomic mass is 10.3. The number of halogens is 1. The molecule has 2 rings (SSSR count). The predicted octanol–water partition coefficient (Wildman–Crippen LogP) is -2.18. The summed E-state index contributed by atoms with van der Waals surface area (Å²) < 4.78 is 42.8. The summed E-state index contributed by atoms with van der Waals surface area (Å²) in [6, 6.07) is 8.23. The number of hydrogen-bond acceptors (Lipinski definition) is 7. The zero-order valence-electron chi connectivity index (χ0n) is 12.7. The van der Waals surface area contributed by atoms with Crippen LogP contribution in [0.25, 0.3) is 16.3 Å². The molecule has 0 bridgehead atoms. The maximum Gasteiger partial charge on any atom is 0.266 e. The second kappa shape index (κ2) is 9.14. The van der Waals surface area contributed by atoms with E-state index >= 15 is 0 Å². The third-order valence-electron chi connectivity index (χ3n) is 2.66. The normalized spacial score (nSPS) is 12.0. The highest BCUT2D eigenvalue weighted by Crippen LogP contribution is 2.22. The number of allylic oxidation sites excluding steroid dienone is 1. The van der Waals surface area contributed by atoms with Gasteiger partial charge in [-0.3, -0.25) is 0 Å². The third kappa shape index (κ3) is 7.23. The van der Waals surface area contributed by atoms with E-state index in [2.05, 4.69) is 16.7 Å². The topological polar surface area (TPSA) is 126 Å². The van der Waals surface area contributed by atoms with Gasteiger partial charge in [0.25, 0.3) is 5.01 Å². The van der Waals surface area contributed by atoms with Crippen molar-refractivity contribution in [3.8, 4) is 0 Å². The number of aliphatic hydroxyl groups excluding tert-OH is 1. The number of rotatable bonds is 5. The van der Waals surface area contributed by atoms with Gasteiger partial charge in [0.2, 0.25) is 5.52 Å². The first-order chi connectivity index (χ1) is 10.8. The monoisotopic (exact) mass is 363 g/mol. The molecule has 128 valence electrons. The lowest BCUT2D eigenvalue weighted by Gasteiger charge is -2.17. The third-order valence-corrected chi connectivity index (χ3v) is 3.77. The minimum Gasteiger partial charge on any atom is -0.498 e. The van der Waals surface area contributed by atoms with E-state index < -0.39 is 10.2 Å². The van der Waals surface area contributed by atoms with Gasteiger partial charge in [0.1, 0.15) is 17.1 Å². The molecule has 0 atom stereocenters. The molecule has 1 aromatic carbocycles. The van der Waals surface area contributed by atoms with Crippen molar-refractivity contribution < 1.29 is 43.3 Å². The first-order valence-corrected chi connectivity index (χ1v) is 8.76. The Morgan fingerprint density at radius 1 is 1.30 bits per heavy atom. The molecule has 0 saturated carbocycles. The van der Waals surface area contributed by atoms with Crippen molar-refractivity contribution in [3.05, 3.63) is 35.0 Å². The maximum absolute atomic E-state index is 9.19. The standard InChI is InChI=1S/C14H18NO2S.ClHO4/c1-3-17-11(2)10-14-15(8-9-16)12-6-4-5-7-13(12)18-14;2-1(3,4)5/h4-7,10,16H,3,8-9H2,1-2H3;(H,2,3,4,5)/q+1;/p-1/b11-10+;. The van der Waals surface area contributed by atoms with E-state index in [-0.39, 0.29) is 6.61 Å². The largest absolute Gasteiger partial charge is 0.498 e. The lowest BCUT2D eigenvalue weighted by Crippen LogP contribution is -2.68. The second-order valence-electron chi connectivity index (χ2n) is 4.35. The molecule has 1 N–H and O–H groups in total. The number of fused-ring (bicyclic) bond motifs is 1. The fourth-order valence-corrected chi connectivity index (χ4v) is 3.11. The molecule has 9 heteroatoms. The van der Waals surface area contributed by atoms with Gasteiger partial charge < -0.3 is 9.84 Å². The van der Waals surface area contributed by atoms with Crippen LogP contribution in [0.2, 0.25) is 0 Å². The van der Waals surface area contributed by atoms with Crippen molar-refractivity contribution in [2.24, 2.45) is 0 Å². The Balaban J connectivity index is 0.000000463. The molecule has 2 aromatic rings. The Morgan fingerprint density at radius 3 is 2.48 bits per heavy atom. The molecule has 0 radical (unpaired) electrons. The van der Waals surface area contributed by atoms with Crippen LogP contribution in [0, 0.1) is 10.2 Å². The van der Waals surface area contributed by atoms with E-state index in [4.69, 9.17) is 23.4 Å². The maximum atomic E-state index is 9.19. The Morgan fingerprint density at radius 2 is 1.91 bits per heavy atom. The number of aliphatic hydroxyl groups is 1. The van der Waals surface area contributed by atoms with Crippen molar-refractivity contribution in [2.45, 2.75) is 20.4 Å². The molecule has 0 aliphatic rings. The molecule has 0 unspecified atom stereocenters. The summed E-state index contributed by atoms with van der Waals surface area (Å²) in [5.41, 5.74) is 1.16. The smallest absolute Gasteiger partial charge is 0.266 e. The van der Waals surface area contributed by atoms with Gasteiger partial charge in [0, 0.05) is 6.07 Å². The van der Waals surface area contributed by atoms with E-state index in [1.807, 2.05) is 32.1 Å². The highest BCUT2D eigenvalue weighted by Gasteiger charge is 2.18. The predicted molar refractivity (Wildman–Crippen MR) is 74.4 cm³/mol. The minimum atomic E-state index is -4.94. The number of thiazole rings is 1. The molecule has 0 aliphatic carbocycles. The average Bonchev–Trinajstić information content (AvgIpc) is 2.76. The summed E-state index contributed by atoms with van der Waals surface area (Å²) in [6.45, 7) is 5.35.